The molecule has 0 atom stereocenters. The first-order valence-electron chi connectivity index (χ1n) is 16.3. The van der Waals surface area contributed by atoms with Crippen molar-refractivity contribution in [2.24, 2.45) is 0 Å². The molecule has 4 nitrogen and oxygen atoms in total. The van der Waals surface area contributed by atoms with Gasteiger partial charge in [0.15, 0.2) is 17.5 Å². The minimum Gasteiger partial charge on any atom is -0.255 e. The Balaban J connectivity index is 1.06. The van der Waals surface area contributed by atoms with Crippen LogP contribution in [0, 0.1) is 0 Å². The molecule has 49 heavy (non-hydrogen) atoms. The lowest BCUT2D eigenvalue weighted by Crippen LogP contribution is -2.00. The number of hydrogen-bond acceptors (Lipinski definition) is 5. The van der Waals surface area contributed by atoms with Gasteiger partial charge in [-0.3, -0.25) is 4.98 Å². The zero-order valence-electron chi connectivity index (χ0n) is 26.2. The van der Waals surface area contributed by atoms with E-state index in [0.717, 1.165) is 27.9 Å². The molecule has 5 heteroatoms. The summed E-state index contributed by atoms with van der Waals surface area (Å²) in [6, 6.07) is 53.2. The Morgan fingerprint density at radius 3 is 1.69 bits per heavy atom. The van der Waals surface area contributed by atoms with E-state index in [1.165, 1.54) is 52.5 Å². The molecule has 0 N–H and O–H groups in total. The van der Waals surface area contributed by atoms with E-state index in [1.54, 1.807) is 0 Å². The molecule has 0 saturated heterocycles. The van der Waals surface area contributed by atoms with E-state index in [4.69, 9.17) is 19.9 Å². The van der Waals surface area contributed by atoms with Crippen molar-refractivity contribution in [3.8, 4) is 45.4 Å². The molecule has 0 spiro atoms. The Kier molecular flexibility index (Phi) is 6.32. The van der Waals surface area contributed by atoms with Gasteiger partial charge in [0.05, 0.1) is 5.69 Å². The summed E-state index contributed by atoms with van der Waals surface area (Å²) in [6.45, 7) is 0. The summed E-state index contributed by atoms with van der Waals surface area (Å²) in [5.41, 5.74) is 4.69. The van der Waals surface area contributed by atoms with Gasteiger partial charge in [0.1, 0.15) is 0 Å². The lowest BCUT2D eigenvalue weighted by molar-refractivity contribution is 1.07. The van der Waals surface area contributed by atoms with Gasteiger partial charge in [-0.2, -0.15) is 0 Å². The first-order valence-corrected chi connectivity index (χ1v) is 17.1. The zero-order valence-corrected chi connectivity index (χ0v) is 27.0. The van der Waals surface area contributed by atoms with Crippen molar-refractivity contribution in [3.05, 3.63) is 158 Å². The maximum absolute atomic E-state index is 4.91. The zero-order chi connectivity index (χ0) is 32.3. The smallest absolute Gasteiger partial charge is 0.165 e. The van der Waals surface area contributed by atoms with Crippen LogP contribution in [0.3, 0.4) is 0 Å². The number of pyridine rings is 1. The molecular weight excluding hydrogens is 617 g/mol. The highest BCUT2D eigenvalue weighted by Gasteiger charge is 2.15. The van der Waals surface area contributed by atoms with E-state index in [9.17, 15) is 0 Å². The quantitative estimate of drug-likeness (QED) is 0.179. The van der Waals surface area contributed by atoms with Crippen molar-refractivity contribution in [1.29, 1.82) is 0 Å². The van der Waals surface area contributed by atoms with Crippen LogP contribution in [-0.4, -0.2) is 19.9 Å². The number of fused-ring (bicyclic) bond motifs is 9. The predicted molar refractivity (Wildman–Crippen MR) is 205 cm³/mol. The van der Waals surface area contributed by atoms with Crippen molar-refractivity contribution < 1.29 is 0 Å². The molecule has 0 amide bonds. The highest BCUT2D eigenvalue weighted by Crippen LogP contribution is 2.42. The van der Waals surface area contributed by atoms with Crippen LogP contribution in [-0.2, 0) is 0 Å². The lowest BCUT2D eigenvalue weighted by Gasteiger charge is -2.11. The lowest BCUT2D eigenvalue weighted by atomic mass is 9.93. The summed E-state index contributed by atoms with van der Waals surface area (Å²) in [6.07, 6.45) is 1.86. The van der Waals surface area contributed by atoms with Gasteiger partial charge in [-0.1, -0.05) is 121 Å². The van der Waals surface area contributed by atoms with Crippen LogP contribution < -0.4 is 0 Å². The molecule has 0 fully saturated rings. The minimum absolute atomic E-state index is 0.594. The Morgan fingerprint density at radius 1 is 0.367 bits per heavy atom. The maximum Gasteiger partial charge on any atom is 0.165 e. The van der Waals surface area contributed by atoms with Gasteiger partial charge in [0, 0.05) is 48.6 Å². The first kappa shape index (κ1) is 27.8. The molecule has 0 aliphatic carbocycles. The topological polar surface area (TPSA) is 51.6 Å². The predicted octanol–water partition coefficient (Wildman–Crippen LogP) is 11.8. The van der Waals surface area contributed by atoms with E-state index in [2.05, 4.69) is 91.0 Å². The first-order chi connectivity index (χ1) is 24.3. The van der Waals surface area contributed by atoms with Crippen molar-refractivity contribution >= 4 is 63.8 Å². The highest BCUT2D eigenvalue weighted by atomic mass is 32.1. The summed E-state index contributed by atoms with van der Waals surface area (Å²) in [7, 11) is 0. The highest BCUT2D eigenvalue weighted by molar-refractivity contribution is 7.26. The fraction of sp³-hybridized carbons (Fsp3) is 0. The summed E-state index contributed by atoms with van der Waals surface area (Å²) < 4.78 is 2.66. The van der Waals surface area contributed by atoms with E-state index in [0.29, 0.717) is 17.5 Å². The third-order valence-corrected chi connectivity index (χ3v) is 10.5. The maximum atomic E-state index is 4.91. The van der Waals surface area contributed by atoms with Crippen molar-refractivity contribution in [2.45, 2.75) is 0 Å². The molecule has 10 rings (SSSR count). The molecule has 3 aromatic heterocycles. The largest absolute Gasteiger partial charge is 0.255 e. The Morgan fingerprint density at radius 2 is 0.959 bits per heavy atom. The van der Waals surface area contributed by atoms with Crippen LogP contribution in [0.5, 0.6) is 0 Å². The average molecular weight is 643 g/mol. The molecule has 10 aromatic rings. The molecule has 7 aromatic carbocycles. The van der Waals surface area contributed by atoms with E-state index in [1.807, 2.05) is 78.2 Å². The number of rotatable bonds is 4. The molecule has 3 heterocycles. The van der Waals surface area contributed by atoms with Gasteiger partial charge in [0.25, 0.3) is 0 Å². The van der Waals surface area contributed by atoms with Crippen LogP contribution in [0.15, 0.2) is 158 Å². The van der Waals surface area contributed by atoms with E-state index < -0.39 is 0 Å². The summed E-state index contributed by atoms with van der Waals surface area (Å²) in [4.78, 5) is 19.5. The molecule has 0 radical (unpaired) electrons. The third-order valence-electron chi connectivity index (χ3n) is 9.35. The van der Waals surface area contributed by atoms with Gasteiger partial charge in [-0.05, 0) is 62.6 Å². The van der Waals surface area contributed by atoms with Crippen molar-refractivity contribution in [3.63, 3.8) is 0 Å². The van der Waals surface area contributed by atoms with Gasteiger partial charge < -0.3 is 0 Å². The van der Waals surface area contributed by atoms with E-state index >= 15 is 0 Å². The van der Waals surface area contributed by atoms with Crippen LogP contribution in [0.2, 0.25) is 0 Å². The second-order valence-electron chi connectivity index (χ2n) is 12.3. The second-order valence-corrected chi connectivity index (χ2v) is 13.4. The monoisotopic (exact) mass is 642 g/mol. The van der Waals surface area contributed by atoms with Crippen molar-refractivity contribution in [2.75, 3.05) is 0 Å². The summed E-state index contributed by atoms with van der Waals surface area (Å²) >= 11 is 1.87. The van der Waals surface area contributed by atoms with Gasteiger partial charge in [-0.15, -0.1) is 11.3 Å². The number of hydrogen-bond donors (Lipinski definition) is 0. The van der Waals surface area contributed by atoms with E-state index in [-0.39, 0.29) is 0 Å². The standard InChI is InChI=1S/C44H26N4S/c1-3-9-28(10-4-1)42-46-43(29-11-5-2-6-12-29)48-44(47-42)32-19-23-37(45-26-32)31-18-20-33-30(25-31)16-15-27-17-21-35-34(40(27)33)22-24-39-41(35)36-13-7-8-14-38(36)49-39/h1-26H. The summed E-state index contributed by atoms with van der Waals surface area (Å²) in [5.74, 6) is 1.86. The van der Waals surface area contributed by atoms with Gasteiger partial charge >= 0.3 is 0 Å². The van der Waals surface area contributed by atoms with Crippen LogP contribution in [0.25, 0.3) is 97.9 Å². The van der Waals surface area contributed by atoms with Gasteiger partial charge in [-0.25, -0.2) is 15.0 Å². The molecule has 0 aliphatic heterocycles. The number of thiophene rings is 1. The van der Waals surface area contributed by atoms with Gasteiger partial charge in [0.2, 0.25) is 0 Å². The number of nitrogens with zero attached hydrogens (tertiary/aromatic N) is 4. The number of aromatic nitrogens is 4. The van der Waals surface area contributed by atoms with Crippen molar-refractivity contribution in [1.82, 2.24) is 19.9 Å². The molecule has 0 bridgehead atoms. The molecular formula is C44H26N4S. The molecule has 0 aliphatic rings. The Bertz CT molecular complexity index is 2800. The summed E-state index contributed by atoms with van der Waals surface area (Å²) in [5, 5.41) is 10.2. The molecule has 0 saturated carbocycles. The Hall–Kier alpha value is -6.30. The SMILES string of the molecule is c1ccc(-c2nc(-c3ccccc3)nc(-c3ccc(-c4ccc5c(ccc6ccc7c(ccc8sc9ccccc9c87)c65)c4)nc3)n2)cc1. The van der Waals surface area contributed by atoms with Crippen LogP contribution in [0.4, 0.5) is 0 Å². The van der Waals surface area contributed by atoms with Crippen LogP contribution >= 0.6 is 11.3 Å². The number of benzene rings is 7. The fourth-order valence-corrected chi connectivity index (χ4v) is 8.11. The normalized spacial score (nSPS) is 11.7. The fourth-order valence-electron chi connectivity index (χ4n) is 6.99. The Labute approximate surface area is 286 Å². The molecule has 0 unspecified atom stereocenters. The molecule has 228 valence electrons. The average Bonchev–Trinajstić information content (AvgIpc) is 3.57. The second kappa shape index (κ2) is 11.2. The van der Waals surface area contributed by atoms with Crippen LogP contribution in [0.1, 0.15) is 0 Å². The minimum atomic E-state index is 0.594. The third kappa shape index (κ3) is 4.66.